The number of hydrogen-bond donors (Lipinski definition) is 0. The molecule has 11 heteroatoms. The number of rotatable bonds is 8. The summed E-state index contributed by atoms with van der Waals surface area (Å²) in [6.07, 6.45) is -2.81. The van der Waals surface area contributed by atoms with Crippen LogP contribution in [-0.4, -0.2) is 52.3 Å². The van der Waals surface area contributed by atoms with Crippen LogP contribution in [0.3, 0.4) is 0 Å². The van der Waals surface area contributed by atoms with Crippen molar-refractivity contribution in [3.05, 3.63) is 23.5 Å². The zero-order chi connectivity index (χ0) is 22.8. The third-order valence-corrected chi connectivity index (χ3v) is 5.64. The summed E-state index contributed by atoms with van der Waals surface area (Å²) in [6, 6.07) is 3.24. The summed E-state index contributed by atoms with van der Waals surface area (Å²) >= 11 is 3.36. The summed E-state index contributed by atoms with van der Waals surface area (Å²) in [5.74, 6) is -1.20. The van der Waals surface area contributed by atoms with Crippen LogP contribution in [0, 0.1) is 5.92 Å². The number of halogens is 4. The summed E-state index contributed by atoms with van der Waals surface area (Å²) in [6.45, 7) is 1.94. The molecule has 3 rings (SSSR count). The summed E-state index contributed by atoms with van der Waals surface area (Å²) in [7, 11) is 2.70. The molecule has 1 amide bonds. The quantitative estimate of drug-likeness (QED) is 0.394. The van der Waals surface area contributed by atoms with Gasteiger partial charge in [-0.25, -0.2) is 9.99 Å². The van der Waals surface area contributed by atoms with Gasteiger partial charge < -0.3 is 9.47 Å². The number of alkyl halides is 4. The Morgan fingerprint density at radius 3 is 2.61 bits per heavy atom. The minimum Gasteiger partial charge on any atom is -0.494 e. The van der Waals surface area contributed by atoms with Gasteiger partial charge in [0.2, 0.25) is 11.7 Å². The van der Waals surface area contributed by atoms with Gasteiger partial charge in [0.1, 0.15) is 23.5 Å². The Hall–Kier alpha value is -2.14. The average Bonchev–Trinajstić information content (AvgIpc) is 3.10. The number of imidazole rings is 1. The van der Waals surface area contributed by atoms with Gasteiger partial charge in [0.25, 0.3) is 0 Å². The first-order valence-corrected chi connectivity index (χ1v) is 10.9. The molecule has 1 aliphatic rings. The lowest BCUT2D eigenvalue weighted by molar-refractivity contribution is -0.148. The Bertz CT molecular complexity index is 990. The van der Waals surface area contributed by atoms with Gasteiger partial charge in [0.15, 0.2) is 0 Å². The van der Waals surface area contributed by atoms with Crippen LogP contribution in [-0.2, 0) is 22.4 Å². The lowest BCUT2D eigenvalue weighted by Crippen LogP contribution is -2.37. The van der Waals surface area contributed by atoms with Crippen LogP contribution < -0.4 is 4.74 Å². The molecule has 0 bridgehead atoms. The first-order valence-electron chi connectivity index (χ1n) is 9.81. The number of amides is 1. The molecule has 1 aromatic carbocycles. The molecule has 0 fully saturated rings. The molecule has 0 spiro atoms. The van der Waals surface area contributed by atoms with Crippen LogP contribution in [0.1, 0.15) is 37.6 Å². The highest BCUT2D eigenvalue weighted by Gasteiger charge is 2.39. The molecule has 2 heterocycles. The van der Waals surface area contributed by atoms with E-state index in [0.29, 0.717) is 17.8 Å². The van der Waals surface area contributed by atoms with Crippen molar-refractivity contribution in [2.75, 3.05) is 26.1 Å². The van der Waals surface area contributed by atoms with E-state index >= 15 is 0 Å². The number of unbranched alkanes of at least 4 members (excludes halogenated alkanes) is 1. The van der Waals surface area contributed by atoms with Crippen molar-refractivity contribution >= 4 is 38.6 Å². The number of nitrogens with zero attached hydrogens (tertiary/aromatic N) is 4. The molecule has 7 nitrogen and oxygen atoms in total. The lowest BCUT2D eigenvalue weighted by Gasteiger charge is -2.28. The predicted molar refractivity (Wildman–Crippen MR) is 113 cm³/mol. The molecule has 0 aliphatic carbocycles. The maximum atomic E-state index is 13.7. The molecule has 1 aliphatic heterocycles. The van der Waals surface area contributed by atoms with Gasteiger partial charge >= 0.3 is 6.18 Å². The zero-order valence-electron chi connectivity index (χ0n) is 17.5. The van der Waals surface area contributed by atoms with Gasteiger partial charge in [-0.15, -0.1) is 0 Å². The number of carbonyl (C=O) groups is 1. The van der Waals surface area contributed by atoms with Gasteiger partial charge in [-0.05, 0) is 25.0 Å². The Balaban J connectivity index is 2.20. The zero-order valence-corrected chi connectivity index (χ0v) is 19.1. The maximum Gasteiger partial charge on any atom is 0.449 e. The standard InChI is InChI=1S/C20H24BrF3N4O3/c1-12-10-15(29)28(9-5-4-8-21)26-16(12)13-6-7-14(31-3)18-17(13)25-19(20(22,23)24)27(18)11-30-2/h6-7,12H,4-5,8-11H2,1-3H3. The SMILES string of the molecule is COCn1c(C(F)(F)F)nc2c(C3=NN(CCCCBr)C(=O)CC3C)ccc(OC)c21. The van der Waals surface area contributed by atoms with E-state index in [0.717, 1.165) is 22.7 Å². The van der Waals surface area contributed by atoms with E-state index in [1.54, 1.807) is 12.1 Å². The van der Waals surface area contributed by atoms with E-state index in [1.165, 1.54) is 19.2 Å². The Morgan fingerprint density at radius 1 is 1.26 bits per heavy atom. The predicted octanol–water partition coefficient (Wildman–Crippen LogP) is 4.42. The Kier molecular flexibility index (Phi) is 7.25. The molecule has 0 saturated carbocycles. The van der Waals surface area contributed by atoms with Gasteiger partial charge in [-0.2, -0.15) is 18.3 Å². The number of methoxy groups -OCH3 is 2. The molecule has 1 aromatic heterocycles. The molecule has 0 radical (unpaired) electrons. The normalized spacial score (nSPS) is 17.4. The van der Waals surface area contributed by atoms with Crippen LogP contribution in [0.2, 0.25) is 0 Å². The number of hydrazone groups is 1. The molecule has 2 aromatic rings. The molecule has 0 saturated heterocycles. The van der Waals surface area contributed by atoms with E-state index in [1.807, 2.05) is 6.92 Å². The monoisotopic (exact) mass is 504 g/mol. The second kappa shape index (κ2) is 9.56. The summed E-state index contributed by atoms with van der Waals surface area (Å²) < 4.78 is 52.4. The van der Waals surface area contributed by atoms with Crippen molar-refractivity contribution in [2.24, 2.45) is 11.0 Å². The number of carbonyl (C=O) groups excluding carboxylic acids is 1. The topological polar surface area (TPSA) is 69.0 Å². The van der Waals surface area contributed by atoms with Gasteiger partial charge in [-0.1, -0.05) is 22.9 Å². The molecule has 1 atom stereocenters. The average molecular weight is 505 g/mol. The van der Waals surface area contributed by atoms with E-state index in [-0.39, 0.29) is 41.8 Å². The van der Waals surface area contributed by atoms with E-state index in [9.17, 15) is 18.0 Å². The number of ether oxygens (including phenoxy) is 2. The molecule has 31 heavy (non-hydrogen) atoms. The van der Waals surface area contributed by atoms with Crippen LogP contribution in [0.25, 0.3) is 11.0 Å². The highest BCUT2D eigenvalue weighted by Crippen LogP contribution is 2.37. The number of hydrogen-bond acceptors (Lipinski definition) is 5. The third-order valence-electron chi connectivity index (χ3n) is 5.08. The minimum atomic E-state index is -4.68. The van der Waals surface area contributed by atoms with Crippen molar-refractivity contribution < 1.29 is 27.4 Å². The van der Waals surface area contributed by atoms with Crippen molar-refractivity contribution in [2.45, 2.75) is 39.1 Å². The van der Waals surface area contributed by atoms with E-state index in [2.05, 4.69) is 26.0 Å². The lowest BCUT2D eigenvalue weighted by atomic mass is 9.92. The summed E-state index contributed by atoms with van der Waals surface area (Å²) in [4.78, 5) is 16.3. The number of benzene rings is 1. The first kappa shape index (κ1) is 23.5. The second-order valence-corrected chi connectivity index (χ2v) is 8.09. The van der Waals surface area contributed by atoms with Gasteiger partial charge in [0, 0.05) is 36.9 Å². The van der Waals surface area contributed by atoms with Crippen molar-refractivity contribution in [3.63, 3.8) is 0 Å². The molecule has 170 valence electrons. The Labute approximate surface area is 186 Å². The first-order chi connectivity index (χ1) is 14.7. The highest BCUT2D eigenvalue weighted by atomic mass is 79.9. The van der Waals surface area contributed by atoms with Crippen LogP contribution in [0.4, 0.5) is 13.2 Å². The fourth-order valence-corrected chi connectivity index (χ4v) is 4.04. The van der Waals surface area contributed by atoms with Crippen molar-refractivity contribution in [3.8, 4) is 5.75 Å². The molecule has 0 N–H and O–H groups in total. The fourth-order valence-electron chi connectivity index (χ4n) is 3.65. The highest BCUT2D eigenvalue weighted by molar-refractivity contribution is 9.09. The second-order valence-electron chi connectivity index (χ2n) is 7.29. The van der Waals surface area contributed by atoms with Crippen molar-refractivity contribution in [1.82, 2.24) is 14.6 Å². The largest absolute Gasteiger partial charge is 0.494 e. The smallest absolute Gasteiger partial charge is 0.449 e. The van der Waals surface area contributed by atoms with E-state index < -0.39 is 12.0 Å². The summed E-state index contributed by atoms with van der Waals surface area (Å²) in [5.41, 5.74) is 1.26. The fraction of sp³-hybridized carbons (Fsp3) is 0.550. The number of aromatic nitrogens is 2. The van der Waals surface area contributed by atoms with Crippen LogP contribution >= 0.6 is 15.9 Å². The molecule has 1 unspecified atom stereocenters. The Morgan fingerprint density at radius 2 is 2.00 bits per heavy atom. The number of fused-ring (bicyclic) bond motifs is 1. The van der Waals surface area contributed by atoms with Crippen molar-refractivity contribution in [1.29, 1.82) is 0 Å². The minimum absolute atomic E-state index is 0.100. The van der Waals surface area contributed by atoms with Gasteiger partial charge in [-0.3, -0.25) is 9.36 Å². The van der Waals surface area contributed by atoms with Crippen LogP contribution in [0.15, 0.2) is 17.2 Å². The van der Waals surface area contributed by atoms with E-state index in [4.69, 9.17) is 9.47 Å². The van der Waals surface area contributed by atoms with Gasteiger partial charge in [0.05, 0.1) is 12.8 Å². The third kappa shape index (κ3) is 4.72. The van der Waals surface area contributed by atoms with Crippen LogP contribution in [0.5, 0.6) is 5.75 Å². The maximum absolute atomic E-state index is 13.7. The summed E-state index contributed by atoms with van der Waals surface area (Å²) in [5, 5.41) is 6.75. The molecular weight excluding hydrogens is 481 g/mol. The molecular formula is C20H24BrF3N4O3.